The molecule has 0 N–H and O–H groups in total. The van der Waals surface area contributed by atoms with Crippen LogP contribution in [0.1, 0.15) is 48.6 Å². The summed E-state index contributed by atoms with van der Waals surface area (Å²) < 4.78 is 2.51. The molecule has 0 aliphatic rings. The van der Waals surface area contributed by atoms with Crippen molar-refractivity contribution in [3.8, 4) is 0 Å². The molecule has 2 unspecified atom stereocenters. The Hall–Kier alpha value is -1.82. The van der Waals surface area contributed by atoms with Gasteiger partial charge < -0.3 is 0 Å². The molecule has 0 aromatic heterocycles. The molecule has 0 aliphatic carbocycles. The minimum absolute atomic E-state index is 0.000544. The van der Waals surface area contributed by atoms with Crippen LogP contribution >= 0.6 is 0 Å². The summed E-state index contributed by atoms with van der Waals surface area (Å²) in [7, 11) is 0. The van der Waals surface area contributed by atoms with Gasteiger partial charge in [0, 0.05) is 0 Å². The molecule has 0 bridgehead atoms. The van der Waals surface area contributed by atoms with Crippen LogP contribution in [0.25, 0.3) is 0 Å². The molecule has 0 saturated heterocycles. The van der Waals surface area contributed by atoms with E-state index in [4.69, 9.17) is 0 Å². The normalized spacial score (nSPS) is 12.7. The SMILES string of the molecule is O=[N+]([O-])CC(CC[CH2][Hg][CH2]CCC(C[N+](=O)[O-])c1ccccc1)c1ccccc1. The van der Waals surface area contributed by atoms with E-state index in [2.05, 4.69) is 0 Å². The second-order valence-corrected chi connectivity index (χ2v) is 15.8. The third-order valence-electron chi connectivity index (χ3n) is 5.39. The Labute approximate surface area is 184 Å². The number of hydrogen-bond acceptors (Lipinski definition) is 4. The van der Waals surface area contributed by atoms with Crippen LogP contribution < -0.4 is 0 Å². The Bertz CT molecular complexity index is 679. The number of nitrogens with zero attached hydrogens (tertiary/aromatic N) is 2. The van der Waals surface area contributed by atoms with Crippen LogP contribution in [0.4, 0.5) is 0 Å². The van der Waals surface area contributed by atoms with E-state index in [-0.39, 0.29) is 34.8 Å². The van der Waals surface area contributed by atoms with Crippen molar-refractivity contribution in [2.75, 3.05) is 13.1 Å². The molecule has 0 aliphatic heterocycles. The topological polar surface area (TPSA) is 86.3 Å². The van der Waals surface area contributed by atoms with Crippen LogP contribution in [0, 0.1) is 20.2 Å². The van der Waals surface area contributed by atoms with Gasteiger partial charge in [-0.1, -0.05) is 0 Å². The first-order valence-corrected chi connectivity index (χ1v) is 18.2. The average Bonchev–Trinajstić information content (AvgIpc) is 2.72. The summed E-state index contributed by atoms with van der Waals surface area (Å²) >= 11 is -0.998. The molecule has 0 heterocycles. The van der Waals surface area contributed by atoms with Gasteiger partial charge >= 0.3 is 185 Å². The summed E-state index contributed by atoms with van der Waals surface area (Å²) in [5, 5.41) is 22.0. The first kappa shape index (κ1) is 23.5. The first-order chi connectivity index (χ1) is 14.1. The molecule has 0 saturated carbocycles. The van der Waals surface area contributed by atoms with E-state index in [1.807, 2.05) is 60.7 Å². The fraction of sp³-hybridized carbons (Fsp3) is 0.455. The van der Waals surface area contributed by atoms with Gasteiger partial charge in [-0.15, -0.1) is 0 Å². The standard InChI is InChI=1S/2C11H14NO2.Hg/c2*1-2-6-11(9-12(13)14)10-7-4-3-5-8-10;/h2*3-5,7-8,11H,1-2,6,9H2;. The molecule has 6 nitrogen and oxygen atoms in total. The van der Waals surface area contributed by atoms with Crippen molar-refractivity contribution >= 4 is 0 Å². The summed E-state index contributed by atoms with van der Waals surface area (Å²) in [5.41, 5.74) is 2.12. The van der Waals surface area contributed by atoms with Crippen molar-refractivity contribution in [2.24, 2.45) is 0 Å². The van der Waals surface area contributed by atoms with Crippen LogP contribution in [-0.2, 0) is 24.6 Å². The predicted molar refractivity (Wildman–Crippen MR) is 110 cm³/mol. The van der Waals surface area contributed by atoms with E-state index in [9.17, 15) is 20.2 Å². The zero-order valence-corrected chi connectivity index (χ0v) is 22.3. The van der Waals surface area contributed by atoms with Crippen LogP contribution in [-0.4, -0.2) is 22.9 Å². The monoisotopic (exact) mass is 586 g/mol. The second-order valence-electron chi connectivity index (χ2n) is 7.59. The zero-order chi connectivity index (χ0) is 20.9. The summed E-state index contributed by atoms with van der Waals surface area (Å²) in [5.74, 6) is 0.00399. The van der Waals surface area contributed by atoms with Gasteiger partial charge in [-0.25, -0.2) is 0 Å². The van der Waals surface area contributed by atoms with Gasteiger partial charge in [0.15, 0.2) is 0 Å². The van der Waals surface area contributed by atoms with Gasteiger partial charge in [0.25, 0.3) is 0 Å². The Kier molecular flexibility index (Phi) is 10.8. The molecule has 0 radical (unpaired) electrons. The molecule has 29 heavy (non-hydrogen) atoms. The van der Waals surface area contributed by atoms with Crippen molar-refractivity contribution in [1.29, 1.82) is 0 Å². The first-order valence-electron chi connectivity index (χ1n) is 10.4. The maximum absolute atomic E-state index is 11.0. The van der Waals surface area contributed by atoms with Gasteiger partial charge in [-0.2, -0.15) is 0 Å². The van der Waals surface area contributed by atoms with Crippen molar-refractivity contribution in [2.45, 2.75) is 45.4 Å². The van der Waals surface area contributed by atoms with E-state index in [1.54, 1.807) is 0 Å². The zero-order valence-electron chi connectivity index (χ0n) is 16.8. The fourth-order valence-electron chi connectivity index (χ4n) is 3.85. The molecule has 0 spiro atoms. The molecular weight excluding hydrogens is 557 g/mol. The predicted octanol–water partition coefficient (Wildman–Crippen LogP) is 5.59. The quantitative estimate of drug-likeness (QED) is 0.125. The van der Waals surface area contributed by atoms with Crippen molar-refractivity contribution in [1.82, 2.24) is 0 Å². The van der Waals surface area contributed by atoms with Gasteiger partial charge in [-0.3, -0.25) is 0 Å². The van der Waals surface area contributed by atoms with E-state index in [1.165, 1.54) is 7.86 Å². The number of rotatable bonds is 14. The fourth-order valence-corrected chi connectivity index (χ4v) is 10.2. The van der Waals surface area contributed by atoms with E-state index in [0.29, 0.717) is 0 Å². The Morgan fingerprint density at radius 1 is 0.690 bits per heavy atom. The molecule has 2 rings (SSSR count). The number of nitro groups is 2. The number of hydrogen-bond donors (Lipinski definition) is 0. The van der Waals surface area contributed by atoms with Crippen LogP contribution in [0.3, 0.4) is 0 Å². The van der Waals surface area contributed by atoms with Gasteiger partial charge in [-0.05, 0) is 0 Å². The second kappa shape index (κ2) is 13.4. The summed E-state index contributed by atoms with van der Waals surface area (Å²) in [6, 6.07) is 19.6. The van der Waals surface area contributed by atoms with Crippen molar-refractivity contribution < 1.29 is 34.4 Å². The number of benzene rings is 2. The Morgan fingerprint density at radius 2 is 1.07 bits per heavy atom. The Balaban J connectivity index is 1.69. The van der Waals surface area contributed by atoms with Gasteiger partial charge in [0.1, 0.15) is 0 Å². The van der Waals surface area contributed by atoms with Crippen LogP contribution in [0.15, 0.2) is 60.7 Å². The molecular formula is C22H28HgN2O4. The molecule has 2 aromatic carbocycles. The molecule has 7 heteroatoms. The molecule has 2 atom stereocenters. The minimum atomic E-state index is -0.998. The van der Waals surface area contributed by atoms with Crippen molar-refractivity contribution in [3.05, 3.63) is 92.0 Å². The van der Waals surface area contributed by atoms with E-state index < -0.39 is 24.6 Å². The third-order valence-corrected chi connectivity index (χ3v) is 13.2. The molecule has 0 amide bonds. The molecule has 152 valence electrons. The van der Waals surface area contributed by atoms with Gasteiger partial charge in [0.2, 0.25) is 0 Å². The molecule has 0 fully saturated rings. The summed E-state index contributed by atoms with van der Waals surface area (Å²) in [6.45, 7) is 0.00109. The Morgan fingerprint density at radius 3 is 1.41 bits per heavy atom. The maximum atomic E-state index is 11.0. The van der Waals surface area contributed by atoms with Crippen LogP contribution in [0.2, 0.25) is 7.86 Å². The van der Waals surface area contributed by atoms with Crippen LogP contribution in [0.5, 0.6) is 0 Å². The summed E-state index contributed by atoms with van der Waals surface area (Å²) in [4.78, 5) is 21.6. The average molecular weight is 585 g/mol. The molecule has 2 aromatic rings. The van der Waals surface area contributed by atoms with E-state index >= 15 is 0 Å². The van der Waals surface area contributed by atoms with Crippen molar-refractivity contribution in [3.63, 3.8) is 0 Å². The third kappa shape index (κ3) is 9.48. The van der Waals surface area contributed by atoms with Gasteiger partial charge in [0.05, 0.1) is 0 Å². The van der Waals surface area contributed by atoms with E-state index in [0.717, 1.165) is 36.8 Å². The summed E-state index contributed by atoms with van der Waals surface area (Å²) in [6.07, 6.45) is 3.87.